The minimum Gasteiger partial charge on any atom is -0.353 e. The van der Waals surface area contributed by atoms with Crippen molar-refractivity contribution in [3.8, 4) is 0 Å². The minimum atomic E-state index is -0.0576. The zero-order valence-electron chi connectivity index (χ0n) is 10.3. The van der Waals surface area contributed by atoms with Crippen LogP contribution in [-0.4, -0.2) is 42.4 Å². The van der Waals surface area contributed by atoms with Crippen LogP contribution < -0.4 is 11.1 Å². The van der Waals surface area contributed by atoms with E-state index < -0.39 is 0 Å². The number of hydrogen-bond donors (Lipinski definition) is 2. The van der Waals surface area contributed by atoms with E-state index in [0.717, 1.165) is 19.3 Å². The molecule has 1 heterocycles. The zero-order valence-corrected chi connectivity index (χ0v) is 10.3. The number of hydrogen-bond acceptors (Lipinski definition) is 3. The van der Waals surface area contributed by atoms with E-state index in [4.69, 9.17) is 5.73 Å². The number of nitrogens with two attached hydrogens (primary N) is 1. The van der Waals surface area contributed by atoms with Gasteiger partial charge in [0, 0.05) is 25.0 Å². The van der Waals surface area contributed by atoms with Gasteiger partial charge >= 0.3 is 0 Å². The Balaban J connectivity index is 1.96. The SMILES string of the molecule is CC1CC(N)CC(C(=O)N2CCNC(=O)C2)C1. The standard InChI is InChI=1S/C12H21N3O2/c1-8-4-9(6-10(13)5-8)12(17)15-3-2-14-11(16)7-15/h8-10H,2-7,13H2,1H3,(H,14,16). The predicted octanol–water partition coefficient (Wildman–Crippen LogP) is -0.292. The van der Waals surface area contributed by atoms with E-state index in [-0.39, 0.29) is 30.3 Å². The largest absolute Gasteiger partial charge is 0.353 e. The van der Waals surface area contributed by atoms with E-state index in [2.05, 4.69) is 12.2 Å². The van der Waals surface area contributed by atoms with Gasteiger partial charge in [0.05, 0.1) is 6.54 Å². The number of nitrogens with zero attached hydrogens (tertiary/aromatic N) is 1. The Morgan fingerprint density at radius 1 is 1.41 bits per heavy atom. The van der Waals surface area contributed by atoms with Crippen molar-refractivity contribution in [2.24, 2.45) is 17.6 Å². The molecular weight excluding hydrogens is 218 g/mol. The lowest BCUT2D eigenvalue weighted by atomic mass is 9.79. The molecule has 2 rings (SSSR count). The van der Waals surface area contributed by atoms with Crippen LogP contribution in [0.25, 0.3) is 0 Å². The van der Waals surface area contributed by atoms with Gasteiger partial charge in [0.15, 0.2) is 0 Å². The molecule has 1 saturated carbocycles. The van der Waals surface area contributed by atoms with Gasteiger partial charge in [0.1, 0.15) is 0 Å². The maximum atomic E-state index is 12.3. The number of nitrogens with one attached hydrogen (secondary N) is 1. The second-order valence-electron chi connectivity index (χ2n) is 5.38. The Morgan fingerprint density at radius 3 is 2.82 bits per heavy atom. The monoisotopic (exact) mass is 239 g/mol. The van der Waals surface area contributed by atoms with Crippen molar-refractivity contribution in [3.05, 3.63) is 0 Å². The summed E-state index contributed by atoms with van der Waals surface area (Å²) in [7, 11) is 0. The van der Waals surface area contributed by atoms with Crippen molar-refractivity contribution in [3.63, 3.8) is 0 Å². The molecule has 2 fully saturated rings. The fourth-order valence-electron chi connectivity index (χ4n) is 2.94. The minimum absolute atomic E-state index is 0.0136. The fraction of sp³-hybridized carbons (Fsp3) is 0.833. The van der Waals surface area contributed by atoms with Crippen LogP contribution in [0.3, 0.4) is 0 Å². The first-order chi connectivity index (χ1) is 8.06. The first-order valence-electron chi connectivity index (χ1n) is 6.37. The van der Waals surface area contributed by atoms with E-state index in [0.29, 0.717) is 19.0 Å². The summed E-state index contributed by atoms with van der Waals surface area (Å²) in [6.45, 7) is 3.55. The van der Waals surface area contributed by atoms with Crippen molar-refractivity contribution >= 4 is 11.8 Å². The molecule has 1 aliphatic carbocycles. The van der Waals surface area contributed by atoms with Gasteiger partial charge in [-0.05, 0) is 25.2 Å². The van der Waals surface area contributed by atoms with Crippen LogP contribution in [0.15, 0.2) is 0 Å². The average Bonchev–Trinajstić information content (AvgIpc) is 2.26. The molecule has 0 spiro atoms. The van der Waals surface area contributed by atoms with Crippen LogP contribution >= 0.6 is 0 Å². The average molecular weight is 239 g/mol. The van der Waals surface area contributed by atoms with Gasteiger partial charge < -0.3 is 16.0 Å². The highest BCUT2D eigenvalue weighted by Gasteiger charge is 2.33. The molecular formula is C12H21N3O2. The second-order valence-corrected chi connectivity index (χ2v) is 5.38. The third-order valence-corrected chi connectivity index (χ3v) is 3.68. The van der Waals surface area contributed by atoms with Gasteiger partial charge in [-0.3, -0.25) is 9.59 Å². The molecule has 0 aromatic rings. The highest BCUT2D eigenvalue weighted by atomic mass is 16.2. The predicted molar refractivity (Wildman–Crippen MR) is 64.1 cm³/mol. The fourth-order valence-corrected chi connectivity index (χ4v) is 2.94. The highest BCUT2D eigenvalue weighted by Crippen LogP contribution is 2.29. The van der Waals surface area contributed by atoms with Crippen molar-refractivity contribution in [1.82, 2.24) is 10.2 Å². The Kier molecular flexibility index (Phi) is 3.66. The van der Waals surface area contributed by atoms with Gasteiger partial charge in [-0.1, -0.05) is 6.92 Å². The lowest BCUT2D eigenvalue weighted by Crippen LogP contribution is -2.52. The molecule has 0 aromatic carbocycles. The Bertz CT molecular complexity index is 309. The molecule has 0 aromatic heterocycles. The van der Waals surface area contributed by atoms with Gasteiger partial charge in [0.2, 0.25) is 11.8 Å². The molecule has 2 amide bonds. The molecule has 1 saturated heterocycles. The van der Waals surface area contributed by atoms with E-state index in [1.54, 1.807) is 4.90 Å². The Morgan fingerprint density at radius 2 is 2.18 bits per heavy atom. The second kappa shape index (κ2) is 5.04. The number of rotatable bonds is 1. The van der Waals surface area contributed by atoms with Crippen molar-refractivity contribution in [2.75, 3.05) is 19.6 Å². The molecule has 3 N–H and O–H groups in total. The summed E-state index contributed by atoms with van der Waals surface area (Å²) in [6, 6.07) is 0.131. The molecule has 0 radical (unpaired) electrons. The van der Waals surface area contributed by atoms with E-state index >= 15 is 0 Å². The number of amides is 2. The number of piperazine rings is 1. The molecule has 96 valence electrons. The maximum Gasteiger partial charge on any atom is 0.239 e. The van der Waals surface area contributed by atoms with Gasteiger partial charge in [-0.15, -0.1) is 0 Å². The summed E-state index contributed by atoms with van der Waals surface area (Å²) in [5, 5.41) is 2.73. The summed E-state index contributed by atoms with van der Waals surface area (Å²) in [6.07, 6.45) is 2.68. The van der Waals surface area contributed by atoms with Crippen molar-refractivity contribution in [2.45, 2.75) is 32.2 Å². The van der Waals surface area contributed by atoms with Crippen molar-refractivity contribution in [1.29, 1.82) is 0 Å². The summed E-state index contributed by atoms with van der Waals surface area (Å²) < 4.78 is 0. The lowest BCUT2D eigenvalue weighted by molar-refractivity contribution is -0.142. The van der Waals surface area contributed by atoms with Crippen LogP contribution in [0.4, 0.5) is 0 Å². The number of carbonyl (C=O) groups is 2. The molecule has 3 atom stereocenters. The Labute approximate surface area is 102 Å². The van der Waals surface area contributed by atoms with E-state index in [1.807, 2.05) is 0 Å². The normalized spacial score (nSPS) is 34.4. The van der Waals surface area contributed by atoms with Gasteiger partial charge in [-0.2, -0.15) is 0 Å². The number of carbonyl (C=O) groups excluding carboxylic acids is 2. The molecule has 5 nitrogen and oxygen atoms in total. The maximum absolute atomic E-state index is 12.3. The summed E-state index contributed by atoms with van der Waals surface area (Å²) in [5.41, 5.74) is 5.96. The molecule has 3 unspecified atom stereocenters. The zero-order chi connectivity index (χ0) is 12.4. The molecule has 17 heavy (non-hydrogen) atoms. The third kappa shape index (κ3) is 2.97. The van der Waals surface area contributed by atoms with Gasteiger partial charge in [0.25, 0.3) is 0 Å². The van der Waals surface area contributed by atoms with E-state index in [9.17, 15) is 9.59 Å². The molecule has 2 aliphatic rings. The van der Waals surface area contributed by atoms with Crippen LogP contribution in [0.2, 0.25) is 0 Å². The smallest absolute Gasteiger partial charge is 0.239 e. The third-order valence-electron chi connectivity index (χ3n) is 3.68. The highest BCUT2D eigenvalue weighted by molar-refractivity contribution is 5.87. The lowest BCUT2D eigenvalue weighted by Gasteiger charge is -2.35. The molecule has 5 heteroatoms. The summed E-state index contributed by atoms with van der Waals surface area (Å²) >= 11 is 0. The van der Waals surface area contributed by atoms with E-state index in [1.165, 1.54) is 0 Å². The topological polar surface area (TPSA) is 75.4 Å². The molecule has 0 bridgehead atoms. The van der Waals surface area contributed by atoms with Crippen LogP contribution in [0.5, 0.6) is 0 Å². The summed E-state index contributed by atoms with van der Waals surface area (Å²) in [4.78, 5) is 25.2. The summed E-state index contributed by atoms with van der Waals surface area (Å²) in [5.74, 6) is 0.575. The van der Waals surface area contributed by atoms with Crippen molar-refractivity contribution < 1.29 is 9.59 Å². The van der Waals surface area contributed by atoms with Crippen LogP contribution in [0.1, 0.15) is 26.2 Å². The molecule has 1 aliphatic heterocycles. The first-order valence-corrected chi connectivity index (χ1v) is 6.37. The first kappa shape index (κ1) is 12.4. The van der Waals surface area contributed by atoms with Crippen LogP contribution in [-0.2, 0) is 9.59 Å². The quantitative estimate of drug-likeness (QED) is 0.660. The Hall–Kier alpha value is -1.10. The van der Waals surface area contributed by atoms with Gasteiger partial charge in [-0.25, -0.2) is 0 Å². The van der Waals surface area contributed by atoms with Crippen LogP contribution in [0, 0.1) is 11.8 Å².